The maximum Gasteiger partial charge on any atom is 0.267 e. The zero-order valence-corrected chi connectivity index (χ0v) is 17.9. The van der Waals surface area contributed by atoms with Gasteiger partial charge in [-0.1, -0.05) is 17.7 Å². The second kappa shape index (κ2) is 8.00. The number of benzene rings is 2. The quantitative estimate of drug-likeness (QED) is 0.768. The van der Waals surface area contributed by atoms with Gasteiger partial charge in [0.05, 0.1) is 43.4 Å². The highest BCUT2D eigenvalue weighted by Gasteiger charge is 2.35. The van der Waals surface area contributed by atoms with Crippen molar-refractivity contribution in [1.29, 1.82) is 0 Å². The average Bonchev–Trinajstić information content (AvgIpc) is 2.67. The topological polar surface area (TPSA) is 94.2 Å². The maximum absolute atomic E-state index is 12.9. The molecule has 10 heteroatoms. The van der Waals surface area contributed by atoms with Crippen molar-refractivity contribution >= 4 is 38.9 Å². The Balaban J connectivity index is 1.92. The molecule has 2 aromatic carbocycles. The van der Waals surface area contributed by atoms with Crippen molar-refractivity contribution in [3.05, 3.63) is 40.9 Å². The molecule has 1 atom stereocenters. The van der Waals surface area contributed by atoms with Crippen molar-refractivity contribution in [2.75, 3.05) is 36.6 Å². The molecule has 0 aliphatic carbocycles. The minimum absolute atomic E-state index is 0.159. The van der Waals surface area contributed by atoms with Gasteiger partial charge >= 0.3 is 0 Å². The third-order valence-corrected chi connectivity index (χ3v) is 5.85. The van der Waals surface area contributed by atoms with E-state index in [0.29, 0.717) is 33.6 Å². The van der Waals surface area contributed by atoms with E-state index in [2.05, 4.69) is 5.32 Å². The molecule has 8 nitrogen and oxygen atoms in total. The molecule has 0 aromatic heterocycles. The summed E-state index contributed by atoms with van der Waals surface area (Å²) < 4.78 is 42.0. The largest absolute Gasteiger partial charge is 0.495 e. The predicted molar refractivity (Wildman–Crippen MR) is 111 cm³/mol. The van der Waals surface area contributed by atoms with Crippen LogP contribution in [0.1, 0.15) is 5.56 Å². The number of rotatable bonds is 5. The number of halogens is 1. The maximum atomic E-state index is 12.9. The number of amides is 1. The Bertz CT molecular complexity index is 1060. The fourth-order valence-corrected chi connectivity index (χ4v) is 4.12. The lowest BCUT2D eigenvalue weighted by molar-refractivity contribution is -0.122. The van der Waals surface area contributed by atoms with Gasteiger partial charge in [-0.25, -0.2) is 8.42 Å². The molecule has 3 rings (SSSR count). The van der Waals surface area contributed by atoms with Gasteiger partial charge in [0.25, 0.3) is 5.91 Å². The lowest BCUT2D eigenvalue weighted by atomic mass is 10.1. The molecule has 1 heterocycles. The molecule has 1 N–H and O–H groups in total. The molecule has 1 unspecified atom stereocenters. The van der Waals surface area contributed by atoms with Crippen LogP contribution in [0.2, 0.25) is 5.02 Å². The van der Waals surface area contributed by atoms with Crippen LogP contribution in [-0.2, 0) is 14.8 Å². The number of fused-ring (bicyclic) bond motifs is 1. The number of nitrogens with zero attached hydrogens (tertiary/aromatic N) is 1. The first-order valence-corrected chi connectivity index (χ1v) is 10.8. The van der Waals surface area contributed by atoms with Crippen LogP contribution < -0.4 is 23.8 Å². The monoisotopic (exact) mass is 440 g/mol. The summed E-state index contributed by atoms with van der Waals surface area (Å²) in [6, 6.07) is 8.17. The molecule has 29 heavy (non-hydrogen) atoms. The summed E-state index contributed by atoms with van der Waals surface area (Å²) in [5.41, 5.74) is 1.60. The smallest absolute Gasteiger partial charge is 0.267 e. The fraction of sp³-hybridized carbons (Fsp3) is 0.316. The number of methoxy groups -OCH3 is 2. The van der Waals surface area contributed by atoms with Crippen molar-refractivity contribution < 1.29 is 27.4 Å². The van der Waals surface area contributed by atoms with Crippen LogP contribution in [0.4, 0.5) is 11.4 Å². The summed E-state index contributed by atoms with van der Waals surface area (Å²) in [6.45, 7) is 1.69. The number of hydrogen-bond acceptors (Lipinski definition) is 6. The molecule has 0 spiro atoms. The van der Waals surface area contributed by atoms with Gasteiger partial charge in [0.15, 0.2) is 6.10 Å². The Morgan fingerprint density at radius 1 is 1.21 bits per heavy atom. The molecule has 156 valence electrons. The van der Waals surface area contributed by atoms with Crippen LogP contribution >= 0.6 is 11.6 Å². The first-order chi connectivity index (χ1) is 13.6. The summed E-state index contributed by atoms with van der Waals surface area (Å²) in [5.74, 6) is 0.461. The third kappa shape index (κ3) is 4.35. The Morgan fingerprint density at radius 3 is 2.52 bits per heavy atom. The van der Waals surface area contributed by atoms with Gasteiger partial charge < -0.3 is 19.5 Å². The van der Waals surface area contributed by atoms with E-state index in [4.69, 9.17) is 25.8 Å². The Labute approximate surface area is 174 Å². The number of aryl methyl sites for hydroxylation is 1. The highest BCUT2D eigenvalue weighted by molar-refractivity contribution is 7.92. The molecule has 2 aromatic rings. The molecule has 0 saturated heterocycles. The summed E-state index contributed by atoms with van der Waals surface area (Å²) in [5, 5.41) is 3.02. The second-order valence-electron chi connectivity index (χ2n) is 6.55. The summed E-state index contributed by atoms with van der Waals surface area (Å²) in [4.78, 5) is 12.9. The van der Waals surface area contributed by atoms with Gasteiger partial charge in [-0.3, -0.25) is 9.10 Å². The molecular formula is C19H21ClN2O6S. The van der Waals surface area contributed by atoms with E-state index < -0.39 is 22.0 Å². The predicted octanol–water partition coefficient (Wildman–Crippen LogP) is 2.83. The number of hydrogen-bond donors (Lipinski definition) is 1. The van der Waals surface area contributed by atoms with Crippen molar-refractivity contribution in [1.82, 2.24) is 0 Å². The summed E-state index contributed by atoms with van der Waals surface area (Å²) >= 11 is 6.09. The zero-order chi connectivity index (χ0) is 21.3. The molecule has 1 aliphatic rings. The lowest BCUT2D eigenvalue weighted by Gasteiger charge is -2.34. The first-order valence-electron chi connectivity index (χ1n) is 8.61. The lowest BCUT2D eigenvalue weighted by Crippen LogP contribution is -2.48. The van der Waals surface area contributed by atoms with E-state index in [1.54, 1.807) is 18.2 Å². The SMILES string of the molecule is COc1cc(NC(=O)C2CN(S(C)(=O)=O)c3cc(C)ccc3O2)c(OC)cc1Cl. The minimum Gasteiger partial charge on any atom is -0.495 e. The van der Waals surface area contributed by atoms with Gasteiger partial charge in [0, 0.05) is 12.1 Å². The van der Waals surface area contributed by atoms with E-state index in [-0.39, 0.29) is 6.54 Å². The van der Waals surface area contributed by atoms with Gasteiger partial charge in [0.1, 0.15) is 17.2 Å². The van der Waals surface area contributed by atoms with Crippen molar-refractivity contribution in [2.45, 2.75) is 13.0 Å². The summed E-state index contributed by atoms with van der Waals surface area (Å²) in [7, 11) is -0.723. The number of ether oxygens (including phenoxy) is 3. The highest BCUT2D eigenvalue weighted by atomic mass is 35.5. The van der Waals surface area contributed by atoms with Crippen LogP contribution in [0.3, 0.4) is 0 Å². The Hall–Kier alpha value is -2.65. The van der Waals surface area contributed by atoms with Gasteiger partial charge in [-0.2, -0.15) is 0 Å². The number of carbonyl (C=O) groups excluding carboxylic acids is 1. The van der Waals surface area contributed by atoms with Gasteiger partial charge in [0.2, 0.25) is 10.0 Å². The van der Waals surface area contributed by atoms with Crippen molar-refractivity contribution in [3.63, 3.8) is 0 Å². The molecule has 0 bridgehead atoms. The number of carbonyl (C=O) groups is 1. The van der Waals surface area contributed by atoms with Gasteiger partial charge in [-0.15, -0.1) is 0 Å². The average molecular weight is 441 g/mol. The number of nitrogens with one attached hydrogen (secondary N) is 1. The highest BCUT2D eigenvalue weighted by Crippen LogP contribution is 2.38. The minimum atomic E-state index is -3.61. The molecular weight excluding hydrogens is 420 g/mol. The van der Waals surface area contributed by atoms with Crippen molar-refractivity contribution in [2.24, 2.45) is 0 Å². The standard InChI is InChI=1S/C19H21ClN2O6S/c1-11-5-6-15-14(7-11)22(29(4,24)25)10-18(28-15)19(23)21-13-9-16(26-2)12(20)8-17(13)27-3/h5-9,18H,10H2,1-4H3,(H,21,23). The Morgan fingerprint density at radius 2 is 1.90 bits per heavy atom. The number of sulfonamides is 1. The molecule has 0 fully saturated rings. The first kappa shape index (κ1) is 21.1. The van der Waals surface area contributed by atoms with Gasteiger partial charge in [-0.05, 0) is 24.6 Å². The van der Waals surface area contributed by atoms with E-state index in [1.165, 1.54) is 30.7 Å². The van der Waals surface area contributed by atoms with E-state index in [0.717, 1.165) is 11.8 Å². The number of anilines is 2. The normalized spacial score (nSPS) is 15.9. The van der Waals surface area contributed by atoms with Crippen LogP contribution in [-0.4, -0.2) is 47.4 Å². The van der Waals surface area contributed by atoms with Crippen LogP contribution in [0, 0.1) is 6.92 Å². The fourth-order valence-electron chi connectivity index (χ4n) is 2.98. The summed E-state index contributed by atoms with van der Waals surface area (Å²) in [6.07, 6.45) is 0.0262. The zero-order valence-electron chi connectivity index (χ0n) is 16.4. The molecule has 1 aliphatic heterocycles. The van der Waals surface area contributed by atoms with E-state index in [9.17, 15) is 13.2 Å². The van der Waals surface area contributed by atoms with E-state index >= 15 is 0 Å². The van der Waals surface area contributed by atoms with Crippen molar-refractivity contribution in [3.8, 4) is 17.2 Å². The van der Waals surface area contributed by atoms with Crippen LogP contribution in [0.25, 0.3) is 0 Å². The van der Waals surface area contributed by atoms with Crippen LogP contribution in [0.15, 0.2) is 30.3 Å². The third-order valence-electron chi connectivity index (χ3n) is 4.41. The molecule has 0 radical (unpaired) electrons. The van der Waals surface area contributed by atoms with E-state index in [1.807, 2.05) is 6.92 Å². The molecule has 1 amide bonds. The second-order valence-corrected chi connectivity index (χ2v) is 8.86. The van der Waals surface area contributed by atoms with Crippen LogP contribution in [0.5, 0.6) is 17.2 Å². The Kier molecular flexibility index (Phi) is 5.81. The molecule has 0 saturated carbocycles.